The summed E-state index contributed by atoms with van der Waals surface area (Å²) in [5, 5.41) is 0. The van der Waals surface area contributed by atoms with E-state index >= 15 is 0 Å². The number of rotatable bonds is 5. The van der Waals surface area contributed by atoms with E-state index in [9.17, 15) is 0 Å². The number of nitrogen functional groups attached to an aromatic ring is 1. The van der Waals surface area contributed by atoms with E-state index in [1.165, 1.54) is 0 Å². The van der Waals surface area contributed by atoms with E-state index < -0.39 is 0 Å². The molecule has 0 unspecified atom stereocenters. The summed E-state index contributed by atoms with van der Waals surface area (Å²) in [6, 6.07) is 13.1. The second-order valence-electron chi connectivity index (χ2n) is 4.02. The molecule has 0 saturated heterocycles. The van der Waals surface area contributed by atoms with Crippen LogP contribution in [0.1, 0.15) is 5.56 Å². The third-order valence-corrected chi connectivity index (χ3v) is 2.76. The quantitative estimate of drug-likeness (QED) is 0.839. The molecule has 4 heteroatoms. The van der Waals surface area contributed by atoms with E-state index in [2.05, 4.69) is 0 Å². The van der Waals surface area contributed by atoms with Gasteiger partial charge in [-0.2, -0.15) is 0 Å². The lowest BCUT2D eigenvalue weighted by molar-refractivity contribution is 0.284. The highest BCUT2D eigenvalue weighted by Crippen LogP contribution is 2.27. The monoisotopic (exact) mass is 259 g/mol. The van der Waals surface area contributed by atoms with Crippen molar-refractivity contribution in [2.75, 3.05) is 20.0 Å². The lowest BCUT2D eigenvalue weighted by Gasteiger charge is -2.11. The second-order valence-corrected chi connectivity index (χ2v) is 4.02. The lowest BCUT2D eigenvalue weighted by Crippen LogP contribution is -1.99. The Kier molecular flexibility index (Phi) is 4.13. The van der Waals surface area contributed by atoms with Crippen molar-refractivity contribution in [2.45, 2.75) is 6.61 Å². The van der Waals surface area contributed by atoms with Gasteiger partial charge in [0.05, 0.1) is 19.9 Å². The zero-order valence-electron chi connectivity index (χ0n) is 11.1. The fourth-order valence-electron chi connectivity index (χ4n) is 1.77. The fourth-order valence-corrected chi connectivity index (χ4v) is 1.77. The van der Waals surface area contributed by atoms with Crippen LogP contribution in [0.15, 0.2) is 42.5 Å². The third kappa shape index (κ3) is 3.10. The van der Waals surface area contributed by atoms with Crippen LogP contribution in [-0.4, -0.2) is 14.2 Å². The summed E-state index contributed by atoms with van der Waals surface area (Å²) in [4.78, 5) is 0. The van der Waals surface area contributed by atoms with Crippen LogP contribution in [-0.2, 0) is 6.61 Å². The summed E-state index contributed by atoms with van der Waals surface area (Å²) in [5.41, 5.74) is 7.43. The normalized spacial score (nSPS) is 10.0. The van der Waals surface area contributed by atoms with Crippen molar-refractivity contribution < 1.29 is 14.2 Å². The molecular weight excluding hydrogens is 242 g/mol. The van der Waals surface area contributed by atoms with Crippen LogP contribution >= 0.6 is 0 Å². The largest absolute Gasteiger partial charge is 0.495 e. The highest BCUT2D eigenvalue weighted by molar-refractivity contribution is 5.54. The standard InChI is InChI=1S/C15H17NO3/c1-17-13-8-7-11(9-12(13)16)10-19-15-6-4-3-5-14(15)18-2/h3-9H,10,16H2,1-2H3. The van der Waals surface area contributed by atoms with Crippen molar-refractivity contribution in [1.82, 2.24) is 0 Å². The molecule has 4 nitrogen and oxygen atoms in total. The van der Waals surface area contributed by atoms with E-state index in [0.29, 0.717) is 29.5 Å². The summed E-state index contributed by atoms with van der Waals surface area (Å²) in [7, 11) is 3.21. The molecule has 0 saturated carbocycles. The first kappa shape index (κ1) is 13.1. The number of hydrogen-bond donors (Lipinski definition) is 1. The van der Waals surface area contributed by atoms with Gasteiger partial charge >= 0.3 is 0 Å². The number of para-hydroxylation sites is 2. The van der Waals surface area contributed by atoms with Gasteiger partial charge in [0, 0.05) is 0 Å². The van der Waals surface area contributed by atoms with Crippen molar-refractivity contribution in [3.05, 3.63) is 48.0 Å². The zero-order valence-corrected chi connectivity index (χ0v) is 11.1. The molecule has 0 aromatic heterocycles. The predicted molar refractivity (Wildman–Crippen MR) is 74.7 cm³/mol. The molecule has 0 bridgehead atoms. The van der Waals surface area contributed by atoms with Crippen LogP contribution in [0, 0.1) is 0 Å². The van der Waals surface area contributed by atoms with Gasteiger partial charge < -0.3 is 19.9 Å². The molecule has 0 heterocycles. The van der Waals surface area contributed by atoms with Crippen molar-refractivity contribution in [3.63, 3.8) is 0 Å². The van der Waals surface area contributed by atoms with E-state index in [4.69, 9.17) is 19.9 Å². The van der Waals surface area contributed by atoms with Gasteiger partial charge in [0.25, 0.3) is 0 Å². The smallest absolute Gasteiger partial charge is 0.161 e. The molecule has 0 aliphatic carbocycles. The minimum atomic E-state index is 0.425. The zero-order chi connectivity index (χ0) is 13.7. The number of methoxy groups -OCH3 is 2. The molecule has 19 heavy (non-hydrogen) atoms. The Labute approximate surface area is 112 Å². The molecule has 0 aliphatic rings. The third-order valence-electron chi connectivity index (χ3n) is 2.76. The molecule has 0 spiro atoms. The number of anilines is 1. The summed E-state index contributed by atoms with van der Waals surface area (Å²) >= 11 is 0. The number of nitrogens with two attached hydrogens (primary N) is 1. The first-order chi connectivity index (χ1) is 9.24. The van der Waals surface area contributed by atoms with E-state index in [0.717, 1.165) is 5.56 Å². The molecule has 0 amide bonds. The average Bonchev–Trinajstić information content (AvgIpc) is 2.45. The van der Waals surface area contributed by atoms with E-state index in [-0.39, 0.29) is 0 Å². The Morgan fingerprint density at radius 3 is 2.21 bits per heavy atom. The van der Waals surface area contributed by atoms with Gasteiger partial charge in [0.15, 0.2) is 11.5 Å². The van der Waals surface area contributed by atoms with Crippen LogP contribution in [0.25, 0.3) is 0 Å². The molecule has 2 rings (SSSR count). The second kappa shape index (κ2) is 6.00. The Morgan fingerprint density at radius 2 is 1.58 bits per heavy atom. The van der Waals surface area contributed by atoms with Gasteiger partial charge in [-0.3, -0.25) is 0 Å². The molecule has 2 aromatic rings. The topological polar surface area (TPSA) is 53.7 Å². The van der Waals surface area contributed by atoms with Crippen LogP contribution in [0.2, 0.25) is 0 Å². The maximum atomic E-state index is 5.85. The molecule has 100 valence electrons. The SMILES string of the molecule is COc1ccc(COc2ccccc2OC)cc1N. The first-order valence-electron chi connectivity index (χ1n) is 5.93. The Morgan fingerprint density at radius 1 is 0.895 bits per heavy atom. The summed E-state index contributed by atoms with van der Waals surface area (Å²) in [6.07, 6.45) is 0. The van der Waals surface area contributed by atoms with Crippen molar-refractivity contribution >= 4 is 5.69 Å². The minimum Gasteiger partial charge on any atom is -0.495 e. The van der Waals surface area contributed by atoms with Crippen molar-refractivity contribution in [1.29, 1.82) is 0 Å². The number of hydrogen-bond acceptors (Lipinski definition) is 4. The van der Waals surface area contributed by atoms with Gasteiger partial charge in [-0.15, -0.1) is 0 Å². The van der Waals surface area contributed by atoms with Crippen LogP contribution in [0.3, 0.4) is 0 Å². The maximum absolute atomic E-state index is 5.85. The number of ether oxygens (including phenoxy) is 3. The average molecular weight is 259 g/mol. The van der Waals surface area contributed by atoms with Crippen molar-refractivity contribution in [2.24, 2.45) is 0 Å². The molecule has 0 aliphatic heterocycles. The Hall–Kier alpha value is -2.36. The molecular formula is C15H17NO3. The Bertz CT molecular complexity index is 555. The van der Waals surface area contributed by atoms with Crippen molar-refractivity contribution in [3.8, 4) is 17.2 Å². The van der Waals surface area contributed by atoms with Gasteiger partial charge in [0.1, 0.15) is 12.4 Å². The summed E-state index contributed by atoms with van der Waals surface area (Å²) in [5.74, 6) is 2.09. The molecule has 2 N–H and O–H groups in total. The van der Waals surface area contributed by atoms with Gasteiger partial charge in [0.2, 0.25) is 0 Å². The first-order valence-corrected chi connectivity index (χ1v) is 5.93. The maximum Gasteiger partial charge on any atom is 0.161 e. The van der Waals surface area contributed by atoms with Gasteiger partial charge in [-0.25, -0.2) is 0 Å². The molecule has 0 radical (unpaired) electrons. The predicted octanol–water partition coefficient (Wildman–Crippen LogP) is 2.87. The molecule has 0 fully saturated rings. The van der Waals surface area contributed by atoms with Crippen LogP contribution in [0.5, 0.6) is 17.2 Å². The number of benzene rings is 2. The Balaban J connectivity index is 2.08. The lowest BCUT2D eigenvalue weighted by atomic mass is 10.2. The van der Waals surface area contributed by atoms with Crippen LogP contribution in [0.4, 0.5) is 5.69 Å². The summed E-state index contributed by atoms with van der Waals surface area (Å²) < 4.78 is 16.1. The van der Waals surface area contributed by atoms with Gasteiger partial charge in [-0.05, 0) is 29.8 Å². The highest BCUT2D eigenvalue weighted by atomic mass is 16.5. The molecule has 2 aromatic carbocycles. The fraction of sp³-hybridized carbons (Fsp3) is 0.200. The molecule has 0 atom stereocenters. The van der Waals surface area contributed by atoms with Crippen LogP contribution < -0.4 is 19.9 Å². The summed E-state index contributed by atoms with van der Waals surface area (Å²) in [6.45, 7) is 0.425. The van der Waals surface area contributed by atoms with E-state index in [1.54, 1.807) is 14.2 Å². The van der Waals surface area contributed by atoms with E-state index in [1.807, 2.05) is 42.5 Å². The highest BCUT2D eigenvalue weighted by Gasteiger charge is 2.05. The minimum absolute atomic E-state index is 0.425. The van der Waals surface area contributed by atoms with Gasteiger partial charge in [-0.1, -0.05) is 18.2 Å².